The van der Waals surface area contributed by atoms with Crippen LogP contribution in [0.4, 0.5) is 17.1 Å². The number of carbonyl (C=O) groups excluding carboxylic acids is 3. The molecular formula is C28H32N4O3. The van der Waals surface area contributed by atoms with Crippen molar-refractivity contribution in [3.8, 4) is 0 Å². The van der Waals surface area contributed by atoms with Gasteiger partial charge in [0.15, 0.2) is 0 Å². The smallest absolute Gasteiger partial charge is 0.258 e. The summed E-state index contributed by atoms with van der Waals surface area (Å²) in [5.74, 6) is -0.531. The second-order valence-electron chi connectivity index (χ2n) is 8.06. The Hall–Kier alpha value is -4.13. The summed E-state index contributed by atoms with van der Waals surface area (Å²) in [7, 11) is 0. The molecule has 0 heterocycles. The molecule has 0 saturated heterocycles. The first-order valence-corrected chi connectivity index (χ1v) is 11.9. The first-order valence-electron chi connectivity index (χ1n) is 11.9. The highest BCUT2D eigenvalue weighted by atomic mass is 16.2. The molecule has 3 rings (SSSR count). The molecule has 0 aliphatic heterocycles. The second kappa shape index (κ2) is 12.9. The Morgan fingerprint density at radius 3 is 2.20 bits per heavy atom. The van der Waals surface area contributed by atoms with Gasteiger partial charge in [0.25, 0.3) is 11.8 Å². The minimum Gasteiger partial charge on any atom is -0.376 e. The van der Waals surface area contributed by atoms with E-state index < -0.39 is 0 Å². The van der Waals surface area contributed by atoms with Crippen molar-refractivity contribution in [2.45, 2.75) is 26.7 Å². The summed E-state index contributed by atoms with van der Waals surface area (Å²) in [4.78, 5) is 39.5. The summed E-state index contributed by atoms with van der Waals surface area (Å²) in [6.07, 6.45) is 1.92. The van der Waals surface area contributed by atoms with E-state index in [0.717, 1.165) is 18.5 Å². The van der Waals surface area contributed by atoms with Gasteiger partial charge in [0.1, 0.15) is 0 Å². The molecule has 35 heavy (non-hydrogen) atoms. The third-order valence-corrected chi connectivity index (χ3v) is 5.42. The molecule has 0 aliphatic rings. The molecule has 7 nitrogen and oxygen atoms in total. The molecule has 7 heteroatoms. The van der Waals surface area contributed by atoms with Gasteiger partial charge in [-0.3, -0.25) is 14.4 Å². The maximum Gasteiger partial charge on any atom is 0.258 e. The second-order valence-corrected chi connectivity index (χ2v) is 8.06. The van der Waals surface area contributed by atoms with Crippen LogP contribution < -0.4 is 20.9 Å². The zero-order chi connectivity index (χ0) is 25.0. The van der Waals surface area contributed by atoms with Crippen molar-refractivity contribution in [1.82, 2.24) is 5.32 Å². The highest BCUT2D eigenvalue weighted by molar-refractivity contribution is 6.06. The van der Waals surface area contributed by atoms with E-state index in [2.05, 4.69) is 22.9 Å². The maximum absolute atomic E-state index is 13.1. The molecule has 0 spiro atoms. The van der Waals surface area contributed by atoms with Gasteiger partial charge in [-0.2, -0.15) is 0 Å². The van der Waals surface area contributed by atoms with E-state index in [9.17, 15) is 14.4 Å². The lowest BCUT2D eigenvalue weighted by molar-refractivity contribution is -0.114. The molecule has 0 bridgehead atoms. The van der Waals surface area contributed by atoms with Gasteiger partial charge in [0, 0.05) is 41.3 Å². The Balaban J connectivity index is 1.58. The highest BCUT2D eigenvalue weighted by Crippen LogP contribution is 2.19. The summed E-state index contributed by atoms with van der Waals surface area (Å²) in [6.45, 7) is 5.17. The van der Waals surface area contributed by atoms with Crippen LogP contribution in [0.15, 0.2) is 78.9 Å². The van der Waals surface area contributed by atoms with Gasteiger partial charge in [0.05, 0.1) is 6.54 Å². The Morgan fingerprint density at radius 1 is 0.800 bits per heavy atom. The molecule has 0 aromatic heterocycles. The number of hydrogen-bond acceptors (Lipinski definition) is 4. The van der Waals surface area contributed by atoms with E-state index in [1.54, 1.807) is 47.4 Å². The van der Waals surface area contributed by atoms with Gasteiger partial charge in [-0.15, -0.1) is 0 Å². The average Bonchev–Trinajstić information content (AvgIpc) is 2.89. The summed E-state index contributed by atoms with van der Waals surface area (Å²) < 4.78 is 0. The van der Waals surface area contributed by atoms with Crippen molar-refractivity contribution in [2.24, 2.45) is 0 Å². The largest absolute Gasteiger partial charge is 0.376 e. The van der Waals surface area contributed by atoms with Gasteiger partial charge < -0.3 is 20.9 Å². The third-order valence-electron chi connectivity index (χ3n) is 5.42. The van der Waals surface area contributed by atoms with Crippen LogP contribution in [0.5, 0.6) is 0 Å². The average molecular weight is 473 g/mol. The molecule has 0 saturated carbocycles. The van der Waals surface area contributed by atoms with Crippen LogP contribution in [-0.4, -0.2) is 37.4 Å². The standard InChI is InChI=1S/C28H32N4O3/c1-3-5-17-29-27(34)21-11-9-14-24(18-21)31-26(33)20-30-23-13-10-12-22(19-23)28(35)32(4-2)25-15-7-6-8-16-25/h6-16,18-19,30H,3-5,17,20H2,1-2H3,(H,29,34)(H,31,33). The molecule has 3 amide bonds. The minimum absolute atomic E-state index is 0.0146. The molecule has 182 valence electrons. The van der Waals surface area contributed by atoms with Crippen LogP contribution in [0.1, 0.15) is 47.4 Å². The quantitative estimate of drug-likeness (QED) is 0.345. The Bertz CT molecular complexity index is 1150. The van der Waals surface area contributed by atoms with Gasteiger partial charge in [-0.05, 0) is 61.9 Å². The van der Waals surface area contributed by atoms with E-state index >= 15 is 0 Å². The number of amides is 3. The summed E-state index contributed by atoms with van der Waals surface area (Å²) in [5.41, 5.74) is 3.07. The monoisotopic (exact) mass is 472 g/mol. The molecule has 0 aliphatic carbocycles. The Morgan fingerprint density at radius 2 is 1.49 bits per heavy atom. The summed E-state index contributed by atoms with van der Waals surface area (Å²) in [6, 6.07) is 23.4. The number of nitrogens with zero attached hydrogens (tertiary/aromatic N) is 1. The van der Waals surface area contributed by atoms with Crippen LogP contribution >= 0.6 is 0 Å². The number of hydrogen-bond donors (Lipinski definition) is 3. The van der Waals surface area contributed by atoms with Gasteiger partial charge in [0.2, 0.25) is 5.91 Å². The molecule has 3 aromatic rings. The van der Waals surface area contributed by atoms with E-state index in [1.807, 2.05) is 43.3 Å². The molecular weight excluding hydrogens is 440 g/mol. The fourth-order valence-corrected chi connectivity index (χ4v) is 3.58. The van der Waals surface area contributed by atoms with Crippen molar-refractivity contribution >= 4 is 34.8 Å². The lowest BCUT2D eigenvalue weighted by Gasteiger charge is -2.21. The SMILES string of the molecule is CCCCNC(=O)c1cccc(NC(=O)CNc2cccc(C(=O)N(CC)c3ccccc3)c2)c1. The number of unbranched alkanes of at least 4 members (excludes halogenated alkanes) is 1. The lowest BCUT2D eigenvalue weighted by Crippen LogP contribution is -2.30. The molecule has 0 fully saturated rings. The Labute approximate surface area is 206 Å². The lowest BCUT2D eigenvalue weighted by atomic mass is 10.1. The van der Waals surface area contributed by atoms with Crippen molar-refractivity contribution in [1.29, 1.82) is 0 Å². The van der Waals surface area contributed by atoms with Crippen LogP contribution in [0.3, 0.4) is 0 Å². The van der Waals surface area contributed by atoms with Crippen LogP contribution in [0.2, 0.25) is 0 Å². The van der Waals surface area contributed by atoms with Crippen molar-refractivity contribution in [3.63, 3.8) is 0 Å². The maximum atomic E-state index is 13.1. The minimum atomic E-state index is -0.259. The van der Waals surface area contributed by atoms with Crippen LogP contribution in [0.25, 0.3) is 0 Å². The van der Waals surface area contributed by atoms with Crippen molar-refractivity contribution < 1.29 is 14.4 Å². The first-order chi connectivity index (χ1) is 17.0. The third kappa shape index (κ3) is 7.43. The highest BCUT2D eigenvalue weighted by Gasteiger charge is 2.16. The summed E-state index contributed by atoms with van der Waals surface area (Å²) >= 11 is 0. The zero-order valence-corrected chi connectivity index (χ0v) is 20.2. The fourth-order valence-electron chi connectivity index (χ4n) is 3.58. The fraction of sp³-hybridized carbons (Fsp3) is 0.250. The molecule has 0 unspecified atom stereocenters. The number of benzene rings is 3. The van der Waals surface area contributed by atoms with Crippen molar-refractivity contribution in [3.05, 3.63) is 90.0 Å². The molecule has 3 N–H and O–H groups in total. The number of carbonyl (C=O) groups is 3. The zero-order valence-electron chi connectivity index (χ0n) is 20.2. The topological polar surface area (TPSA) is 90.5 Å². The predicted molar refractivity (Wildman–Crippen MR) is 141 cm³/mol. The molecule has 3 aromatic carbocycles. The van der Waals surface area contributed by atoms with Gasteiger partial charge in [-0.1, -0.05) is 43.7 Å². The van der Waals surface area contributed by atoms with E-state index in [1.165, 1.54) is 0 Å². The van der Waals surface area contributed by atoms with Crippen LogP contribution in [0, 0.1) is 0 Å². The summed E-state index contributed by atoms with van der Waals surface area (Å²) in [5, 5.41) is 8.74. The first kappa shape index (κ1) is 25.5. The number of nitrogens with one attached hydrogen (secondary N) is 3. The Kier molecular flexibility index (Phi) is 9.42. The van der Waals surface area contributed by atoms with E-state index in [4.69, 9.17) is 0 Å². The van der Waals surface area contributed by atoms with Crippen molar-refractivity contribution in [2.75, 3.05) is 35.2 Å². The molecule has 0 atom stereocenters. The van der Waals surface area contributed by atoms with Gasteiger partial charge >= 0.3 is 0 Å². The number of anilines is 3. The van der Waals surface area contributed by atoms with Gasteiger partial charge in [-0.25, -0.2) is 0 Å². The molecule has 0 radical (unpaired) electrons. The van der Waals surface area contributed by atoms with Crippen LogP contribution in [-0.2, 0) is 4.79 Å². The van der Waals surface area contributed by atoms with E-state index in [0.29, 0.717) is 35.6 Å². The normalized spacial score (nSPS) is 10.3. The predicted octanol–water partition coefficient (Wildman–Crippen LogP) is 4.93. The number of rotatable bonds is 11. The number of para-hydroxylation sites is 1. The van der Waals surface area contributed by atoms with E-state index in [-0.39, 0.29) is 24.3 Å².